The van der Waals surface area contributed by atoms with Crippen molar-refractivity contribution in [3.8, 4) is 44.8 Å². The Balaban J connectivity index is 0.868. The zero-order chi connectivity index (χ0) is 52.3. The molecule has 6 heteroatoms. The number of hydrogen-bond acceptors (Lipinski definition) is 3. The van der Waals surface area contributed by atoms with Crippen LogP contribution in [0.1, 0.15) is 45.1 Å². The lowest BCUT2D eigenvalue weighted by atomic mass is 9.98. The van der Waals surface area contributed by atoms with Crippen LogP contribution in [0, 0.1) is 0 Å². The molecule has 4 aromatic heterocycles. The van der Waals surface area contributed by atoms with Crippen LogP contribution in [0.5, 0.6) is 0 Å². The molecule has 0 radical (unpaired) electrons. The maximum absolute atomic E-state index is 13.7. The SMILES string of the molecule is CCCCN(CCCC)c1ccc2cc(-c3ccc(Cn4c5ccc(-c6ccc7c(c6)c6ccccc6n7-c6ccccc6)cc5c5cc(-c6ccc7c8ccccc8n(-c8ccccc8)c7c6)ccc54)cc3)c(=O)oc2c1. The van der Waals surface area contributed by atoms with Crippen LogP contribution in [0.25, 0.3) is 121 Å². The Morgan fingerprint density at radius 3 is 1.47 bits per heavy atom. The van der Waals surface area contributed by atoms with Crippen molar-refractivity contribution in [1.82, 2.24) is 13.7 Å². The first-order valence-electron chi connectivity index (χ1n) is 27.7. The monoisotopic (exact) mass is 1010 g/mol. The summed E-state index contributed by atoms with van der Waals surface area (Å²) in [6.45, 7) is 7.09. The van der Waals surface area contributed by atoms with Crippen molar-refractivity contribution in [3.05, 3.63) is 247 Å². The molecule has 0 saturated heterocycles. The Morgan fingerprint density at radius 1 is 0.397 bits per heavy atom. The van der Waals surface area contributed by atoms with Crippen molar-refractivity contribution < 1.29 is 4.42 Å². The molecule has 14 rings (SSSR count). The fourth-order valence-corrected chi connectivity index (χ4v) is 12.2. The summed E-state index contributed by atoms with van der Waals surface area (Å²) in [5.41, 5.74) is 18.0. The van der Waals surface area contributed by atoms with Crippen LogP contribution in [0.2, 0.25) is 0 Å². The minimum Gasteiger partial charge on any atom is -0.422 e. The molecule has 0 unspecified atom stereocenters. The molecule has 6 nitrogen and oxygen atoms in total. The fourth-order valence-electron chi connectivity index (χ4n) is 12.2. The topological polar surface area (TPSA) is 48.2 Å². The first-order valence-corrected chi connectivity index (χ1v) is 27.7. The molecular weight excluding hydrogens is 953 g/mol. The predicted octanol–water partition coefficient (Wildman–Crippen LogP) is 18.6. The van der Waals surface area contributed by atoms with Crippen LogP contribution in [0.4, 0.5) is 5.69 Å². The van der Waals surface area contributed by atoms with Crippen LogP contribution in [0.3, 0.4) is 0 Å². The van der Waals surface area contributed by atoms with Gasteiger partial charge in [-0.15, -0.1) is 0 Å². The summed E-state index contributed by atoms with van der Waals surface area (Å²) in [5, 5.41) is 8.25. The third-order valence-corrected chi connectivity index (χ3v) is 16.2. The zero-order valence-corrected chi connectivity index (χ0v) is 44.0. The highest BCUT2D eigenvalue weighted by Crippen LogP contribution is 2.41. The number of rotatable bonds is 14. The molecule has 0 aliphatic heterocycles. The molecule has 378 valence electrons. The summed E-state index contributed by atoms with van der Waals surface area (Å²) in [7, 11) is 0. The summed E-state index contributed by atoms with van der Waals surface area (Å²) in [6, 6.07) is 83.4. The van der Waals surface area contributed by atoms with Gasteiger partial charge in [-0.3, -0.25) is 0 Å². The van der Waals surface area contributed by atoms with Gasteiger partial charge in [-0.05, 0) is 143 Å². The van der Waals surface area contributed by atoms with Crippen molar-refractivity contribution in [3.63, 3.8) is 0 Å². The molecular formula is C72H58N4O2. The second kappa shape index (κ2) is 19.6. The van der Waals surface area contributed by atoms with E-state index in [1.165, 1.54) is 65.5 Å². The number of nitrogens with zero attached hydrogens (tertiary/aromatic N) is 4. The van der Waals surface area contributed by atoms with E-state index < -0.39 is 0 Å². The minimum absolute atomic E-state index is 0.322. The van der Waals surface area contributed by atoms with Gasteiger partial charge in [0.1, 0.15) is 5.58 Å². The average Bonchev–Trinajstić information content (AvgIpc) is 4.31. The molecule has 0 N–H and O–H groups in total. The molecule has 14 aromatic rings. The second-order valence-corrected chi connectivity index (χ2v) is 21.0. The first kappa shape index (κ1) is 47.1. The van der Waals surface area contributed by atoms with Crippen molar-refractivity contribution in [1.29, 1.82) is 0 Å². The number of hydrogen-bond donors (Lipinski definition) is 0. The Kier molecular flexibility index (Phi) is 11.9. The van der Waals surface area contributed by atoms with Crippen molar-refractivity contribution >= 4 is 82.1 Å². The van der Waals surface area contributed by atoms with E-state index in [2.05, 4.69) is 251 Å². The van der Waals surface area contributed by atoms with Gasteiger partial charge in [-0.25, -0.2) is 4.79 Å². The van der Waals surface area contributed by atoms with E-state index in [0.717, 1.165) is 94.5 Å². The normalized spacial score (nSPS) is 11.9. The third kappa shape index (κ3) is 8.15. The maximum Gasteiger partial charge on any atom is 0.344 e. The van der Waals surface area contributed by atoms with E-state index in [0.29, 0.717) is 17.7 Å². The standard InChI is InChI=1S/C72H58N4O2/c1-3-5-39-73(40-6-4-2)57-34-29-54-44-61(72(77)78-71(54)46-57)49-27-25-48(26-28-49)47-74-65-36-31-50(51-33-38-69-62(41-51)59-22-14-16-24-68(59)75(69)55-17-9-7-10-18-55)42-63(65)64-43-52(32-37-66(64)74)53-30-35-60-58-21-13-15-23-67(58)76(70(60)45-53)56-19-11-8-12-20-56/h7-38,41-46H,3-6,39-40,47H2,1-2H3. The van der Waals surface area contributed by atoms with E-state index in [4.69, 9.17) is 4.42 Å². The molecule has 4 heterocycles. The largest absolute Gasteiger partial charge is 0.422 e. The summed E-state index contributed by atoms with van der Waals surface area (Å²) in [6.07, 6.45) is 4.53. The molecule has 0 aliphatic rings. The Bertz CT molecular complexity index is 4630. The lowest BCUT2D eigenvalue weighted by Crippen LogP contribution is -2.25. The highest BCUT2D eigenvalue weighted by molar-refractivity contribution is 6.14. The lowest BCUT2D eigenvalue weighted by Gasteiger charge is -2.24. The van der Waals surface area contributed by atoms with Crippen LogP contribution in [0.15, 0.2) is 240 Å². The molecule has 0 saturated carbocycles. The Morgan fingerprint density at radius 2 is 0.872 bits per heavy atom. The second-order valence-electron chi connectivity index (χ2n) is 21.0. The maximum atomic E-state index is 13.7. The van der Waals surface area contributed by atoms with Crippen molar-refractivity contribution in [2.45, 2.75) is 46.1 Å². The number of fused-ring (bicyclic) bond motifs is 10. The average molecular weight is 1010 g/mol. The highest BCUT2D eigenvalue weighted by Gasteiger charge is 2.19. The van der Waals surface area contributed by atoms with E-state index >= 15 is 0 Å². The highest BCUT2D eigenvalue weighted by atomic mass is 16.4. The van der Waals surface area contributed by atoms with Crippen molar-refractivity contribution in [2.75, 3.05) is 18.0 Å². The predicted molar refractivity (Wildman–Crippen MR) is 328 cm³/mol. The van der Waals surface area contributed by atoms with E-state index in [9.17, 15) is 4.79 Å². The summed E-state index contributed by atoms with van der Waals surface area (Å²) in [5.74, 6) is 0. The molecule has 0 bridgehead atoms. The van der Waals surface area contributed by atoms with Gasteiger partial charge in [0, 0.05) is 91.5 Å². The molecule has 0 aliphatic carbocycles. The minimum atomic E-state index is -0.322. The lowest BCUT2D eigenvalue weighted by molar-refractivity contribution is 0.563. The van der Waals surface area contributed by atoms with Gasteiger partial charge >= 0.3 is 5.63 Å². The summed E-state index contributed by atoms with van der Waals surface area (Å²) in [4.78, 5) is 16.2. The van der Waals surface area contributed by atoms with Gasteiger partial charge in [-0.1, -0.05) is 154 Å². The Labute approximate surface area is 453 Å². The van der Waals surface area contributed by atoms with Crippen LogP contribution >= 0.6 is 0 Å². The first-order chi connectivity index (χ1) is 38.5. The third-order valence-electron chi connectivity index (χ3n) is 16.2. The van der Waals surface area contributed by atoms with Crippen LogP contribution in [-0.4, -0.2) is 26.8 Å². The molecule has 10 aromatic carbocycles. The smallest absolute Gasteiger partial charge is 0.344 e. The summed E-state index contributed by atoms with van der Waals surface area (Å²) >= 11 is 0. The summed E-state index contributed by atoms with van der Waals surface area (Å²) < 4.78 is 13.3. The number of benzene rings is 10. The molecule has 0 amide bonds. The fraction of sp³-hybridized carbons (Fsp3) is 0.125. The van der Waals surface area contributed by atoms with Gasteiger partial charge in [0.2, 0.25) is 0 Å². The van der Waals surface area contributed by atoms with E-state index in [1.54, 1.807) is 0 Å². The van der Waals surface area contributed by atoms with Gasteiger partial charge in [0.05, 0.1) is 27.6 Å². The molecule has 0 fully saturated rings. The van der Waals surface area contributed by atoms with Gasteiger partial charge in [-0.2, -0.15) is 0 Å². The Hall–Kier alpha value is -9.39. The molecule has 0 spiro atoms. The quantitative estimate of drug-likeness (QED) is 0.102. The van der Waals surface area contributed by atoms with Crippen molar-refractivity contribution in [2.24, 2.45) is 0 Å². The molecule has 0 atom stereocenters. The van der Waals surface area contributed by atoms with Gasteiger partial charge in [0.25, 0.3) is 0 Å². The van der Waals surface area contributed by atoms with E-state index in [1.807, 2.05) is 12.1 Å². The molecule has 78 heavy (non-hydrogen) atoms. The van der Waals surface area contributed by atoms with E-state index in [-0.39, 0.29) is 5.63 Å². The van der Waals surface area contributed by atoms with Gasteiger partial charge < -0.3 is 23.0 Å². The van der Waals surface area contributed by atoms with Crippen LogP contribution in [-0.2, 0) is 6.54 Å². The number of unbranched alkanes of at least 4 members (excludes halogenated alkanes) is 2. The van der Waals surface area contributed by atoms with Crippen LogP contribution < -0.4 is 10.5 Å². The van der Waals surface area contributed by atoms with Gasteiger partial charge in [0.15, 0.2) is 0 Å². The number of anilines is 1. The number of aromatic nitrogens is 3. The zero-order valence-electron chi connectivity index (χ0n) is 44.0. The number of para-hydroxylation sites is 4.